The van der Waals surface area contributed by atoms with Crippen LogP contribution in [0.5, 0.6) is 0 Å². The van der Waals surface area contributed by atoms with E-state index >= 15 is 0 Å². The van der Waals surface area contributed by atoms with Gasteiger partial charge in [0.25, 0.3) is 0 Å². The Morgan fingerprint density at radius 3 is 2.48 bits per heavy atom. The molecule has 1 heterocycles. The van der Waals surface area contributed by atoms with Crippen LogP contribution in [-0.4, -0.2) is 50.3 Å². The van der Waals surface area contributed by atoms with Crippen LogP contribution < -0.4 is 5.73 Å². The Hall–Kier alpha value is -0.820. The van der Waals surface area contributed by atoms with Crippen molar-refractivity contribution in [2.75, 3.05) is 38.5 Å². The summed E-state index contributed by atoms with van der Waals surface area (Å²) in [6.07, 6.45) is 2.63. The van der Waals surface area contributed by atoms with Crippen LogP contribution in [0.25, 0.3) is 0 Å². The van der Waals surface area contributed by atoms with E-state index in [0.29, 0.717) is 18.1 Å². The summed E-state index contributed by atoms with van der Waals surface area (Å²) in [4.78, 5) is 2.47. The van der Waals surface area contributed by atoms with Gasteiger partial charge in [-0.1, -0.05) is 11.6 Å². The second kappa shape index (κ2) is 5.76. The van der Waals surface area contributed by atoms with Crippen molar-refractivity contribution in [3.63, 3.8) is 0 Å². The number of piperazine rings is 1. The minimum absolute atomic E-state index is 0.116. The van der Waals surface area contributed by atoms with Crippen molar-refractivity contribution in [1.29, 1.82) is 0 Å². The first-order valence-corrected chi connectivity index (χ1v) is 9.06. The van der Waals surface area contributed by atoms with E-state index in [-0.39, 0.29) is 10.6 Å². The van der Waals surface area contributed by atoms with Gasteiger partial charge < -0.3 is 10.6 Å². The van der Waals surface area contributed by atoms with E-state index in [1.807, 2.05) is 0 Å². The predicted molar refractivity (Wildman–Crippen MR) is 83.8 cm³/mol. The van der Waals surface area contributed by atoms with Crippen LogP contribution in [0, 0.1) is 5.92 Å². The second-order valence-electron chi connectivity index (χ2n) is 5.83. The summed E-state index contributed by atoms with van der Waals surface area (Å²) >= 11 is 5.90. The van der Waals surface area contributed by atoms with Crippen LogP contribution in [0.1, 0.15) is 12.8 Å². The number of rotatable bonds is 4. The maximum atomic E-state index is 12.7. The SMILES string of the molecule is Nc1ccc(Cl)cc1S(=O)(=O)N1CCN(CC2CC2)CC1. The molecule has 3 rings (SSSR count). The zero-order chi connectivity index (χ0) is 15.0. The Balaban J connectivity index is 1.72. The molecule has 0 amide bonds. The van der Waals surface area contributed by atoms with Gasteiger partial charge in [-0.15, -0.1) is 0 Å². The average Bonchev–Trinajstić information content (AvgIpc) is 3.26. The minimum Gasteiger partial charge on any atom is -0.398 e. The molecule has 21 heavy (non-hydrogen) atoms. The molecule has 1 aromatic rings. The first-order valence-electron chi connectivity index (χ1n) is 7.24. The van der Waals surface area contributed by atoms with E-state index in [1.54, 1.807) is 12.1 Å². The molecule has 0 unspecified atom stereocenters. The van der Waals surface area contributed by atoms with Crippen LogP contribution in [0.4, 0.5) is 5.69 Å². The molecule has 5 nitrogen and oxygen atoms in total. The molecule has 7 heteroatoms. The van der Waals surface area contributed by atoms with Gasteiger partial charge in [0.2, 0.25) is 10.0 Å². The summed E-state index contributed by atoms with van der Waals surface area (Å²) in [6, 6.07) is 4.57. The molecule has 1 aliphatic carbocycles. The number of sulfonamides is 1. The molecule has 0 spiro atoms. The van der Waals surface area contributed by atoms with Gasteiger partial charge in [0, 0.05) is 37.7 Å². The summed E-state index contributed by atoms with van der Waals surface area (Å²) in [5.41, 5.74) is 6.06. The van der Waals surface area contributed by atoms with Gasteiger partial charge >= 0.3 is 0 Å². The lowest BCUT2D eigenvalue weighted by Gasteiger charge is -2.34. The third-order valence-corrected chi connectivity index (χ3v) is 6.33. The molecule has 1 aliphatic heterocycles. The lowest BCUT2D eigenvalue weighted by molar-refractivity contribution is 0.182. The minimum atomic E-state index is -3.55. The van der Waals surface area contributed by atoms with E-state index in [4.69, 9.17) is 17.3 Å². The highest BCUT2D eigenvalue weighted by atomic mass is 35.5. The molecule has 1 saturated heterocycles. The number of nitrogens with zero attached hydrogens (tertiary/aromatic N) is 2. The third-order valence-electron chi connectivity index (χ3n) is 4.14. The first-order chi connectivity index (χ1) is 9.96. The van der Waals surface area contributed by atoms with Crippen molar-refractivity contribution in [2.45, 2.75) is 17.7 Å². The van der Waals surface area contributed by atoms with Crippen LogP contribution in [0.2, 0.25) is 5.02 Å². The Labute approximate surface area is 130 Å². The fourth-order valence-electron chi connectivity index (χ4n) is 2.69. The van der Waals surface area contributed by atoms with E-state index in [1.165, 1.54) is 23.2 Å². The van der Waals surface area contributed by atoms with E-state index in [0.717, 1.165) is 25.6 Å². The number of anilines is 1. The normalized spacial score (nSPS) is 21.6. The summed E-state index contributed by atoms with van der Waals surface area (Å²) < 4.78 is 26.9. The zero-order valence-electron chi connectivity index (χ0n) is 11.8. The summed E-state index contributed by atoms with van der Waals surface area (Å²) in [5.74, 6) is 0.830. The highest BCUT2D eigenvalue weighted by molar-refractivity contribution is 7.89. The number of halogens is 1. The van der Waals surface area contributed by atoms with Crippen molar-refractivity contribution < 1.29 is 8.42 Å². The Morgan fingerprint density at radius 1 is 1.19 bits per heavy atom. The Bertz CT molecular complexity index is 623. The largest absolute Gasteiger partial charge is 0.398 e. The van der Waals surface area contributed by atoms with Gasteiger partial charge in [0.1, 0.15) is 4.90 Å². The zero-order valence-corrected chi connectivity index (χ0v) is 13.4. The smallest absolute Gasteiger partial charge is 0.245 e. The highest BCUT2D eigenvalue weighted by Gasteiger charge is 2.32. The topological polar surface area (TPSA) is 66.6 Å². The average molecular weight is 330 g/mol. The van der Waals surface area contributed by atoms with Gasteiger partial charge in [-0.05, 0) is 37.0 Å². The van der Waals surface area contributed by atoms with E-state index in [9.17, 15) is 8.42 Å². The molecule has 2 aliphatic rings. The van der Waals surface area contributed by atoms with Crippen molar-refractivity contribution in [2.24, 2.45) is 5.92 Å². The molecule has 2 N–H and O–H groups in total. The fraction of sp³-hybridized carbons (Fsp3) is 0.571. The van der Waals surface area contributed by atoms with Crippen molar-refractivity contribution in [3.8, 4) is 0 Å². The fourth-order valence-corrected chi connectivity index (χ4v) is 4.49. The lowest BCUT2D eigenvalue weighted by atomic mass is 10.3. The molecule has 1 saturated carbocycles. The quantitative estimate of drug-likeness (QED) is 0.853. The van der Waals surface area contributed by atoms with Crippen LogP contribution >= 0.6 is 11.6 Å². The van der Waals surface area contributed by atoms with Gasteiger partial charge in [0.15, 0.2) is 0 Å². The Kier molecular flexibility index (Phi) is 4.14. The number of hydrogen-bond acceptors (Lipinski definition) is 4. The third kappa shape index (κ3) is 3.34. The molecule has 1 aromatic carbocycles. The molecule has 2 fully saturated rings. The van der Waals surface area contributed by atoms with Crippen molar-refractivity contribution >= 4 is 27.3 Å². The maximum Gasteiger partial charge on any atom is 0.245 e. The molecule has 0 atom stereocenters. The van der Waals surface area contributed by atoms with Crippen LogP contribution in [0.3, 0.4) is 0 Å². The van der Waals surface area contributed by atoms with Gasteiger partial charge in [0.05, 0.1) is 5.69 Å². The lowest BCUT2D eigenvalue weighted by Crippen LogP contribution is -2.49. The number of benzene rings is 1. The van der Waals surface area contributed by atoms with Crippen molar-refractivity contribution in [1.82, 2.24) is 9.21 Å². The second-order valence-corrected chi connectivity index (χ2v) is 8.17. The summed E-state index contributed by atoms with van der Waals surface area (Å²) in [7, 11) is -3.55. The highest BCUT2D eigenvalue weighted by Crippen LogP contribution is 2.31. The number of hydrogen-bond donors (Lipinski definition) is 1. The molecule has 0 radical (unpaired) electrons. The summed E-state index contributed by atoms with van der Waals surface area (Å²) in [5, 5.41) is 0.384. The van der Waals surface area contributed by atoms with E-state index < -0.39 is 10.0 Å². The maximum absolute atomic E-state index is 12.7. The van der Waals surface area contributed by atoms with Crippen molar-refractivity contribution in [3.05, 3.63) is 23.2 Å². The molecule has 116 valence electrons. The van der Waals surface area contributed by atoms with Gasteiger partial charge in [-0.25, -0.2) is 8.42 Å². The molecular weight excluding hydrogens is 310 g/mol. The standard InChI is InChI=1S/C14H20ClN3O2S/c15-12-3-4-13(16)14(9-12)21(19,20)18-7-5-17(6-8-18)10-11-1-2-11/h3-4,9,11H,1-2,5-8,10,16H2. The van der Waals surface area contributed by atoms with Crippen LogP contribution in [-0.2, 0) is 10.0 Å². The first kappa shape index (κ1) is 15.1. The molecule has 0 bridgehead atoms. The summed E-state index contributed by atoms with van der Waals surface area (Å²) in [6.45, 7) is 3.71. The number of nitrogen functional groups attached to an aromatic ring is 1. The molecule has 0 aromatic heterocycles. The van der Waals surface area contributed by atoms with Crippen LogP contribution in [0.15, 0.2) is 23.1 Å². The molecular formula is C14H20ClN3O2S. The predicted octanol–water partition coefficient (Wildman–Crippen LogP) is 1.64. The van der Waals surface area contributed by atoms with Gasteiger partial charge in [-0.2, -0.15) is 4.31 Å². The monoisotopic (exact) mass is 329 g/mol. The van der Waals surface area contributed by atoms with Gasteiger partial charge in [-0.3, -0.25) is 0 Å². The Morgan fingerprint density at radius 2 is 1.86 bits per heavy atom. The van der Waals surface area contributed by atoms with E-state index in [2.05, 4.69) is 4.90 Å². The number of nitrogens with two attached hydrogens (primary N) is 1.